The van der Waals surface area contributed by atoms with Crippen molar-refractivity contribution < 1.29 is 33.7 Å². The van der Waals surface area contributed by atoms with Gasteiger partial charge in [-0.3, -0.25) is 14.5 Å². The van der Waals surface area contributed by atoms with Crippen molar-refractivity contribution in [1.29, 1.82) is 0 Å². The average Bonchev–Trinajstić information content (AvgIpc) is 3.47. The fourth-order valence-electron chi connectivity index (χ4n) is 4.31. The predicted octanol–water partition coefficient (Wildman–Crippen LogP) is 5.85. The molecule has 0 aliphatic carbocycles. The number of aromatic nitrogens is 1. The van der Waals surface area contributed by atoms with E-state index >= 15 is 0 Å². The molecule has 4 rings (SSSR count). The van der Waals surface area contributed by atoms with E-state index < -0.39 is 23.7 Å². The molecule has 1 aliphatic heterocycles. The minimum Gasteiger partial charge on any atom is -0.507 e. The molecule has 1 saturated heterocycles. The number of esters is 1. The Kier molecular flexibility index (Phi) is 9.24. The molecule has 1 aliphatic rings. The summed E-state index contributed by atoms with van der Waals surface area (Å²) in [5.74, 6) is -1.13. The molecular weight excluding hydrogens is 544 g/mol. The summed E-state index contributed by atoms with van der Waals surface area (Å²) in [5, 5.41) is 11.5. The number of aliphatic hydroxyl groups excluding tert-OH is 1. The van der Waals surface area contributed by atoms with Crippen molar-refractivity contribution in [3.05, 3.63) is 88.5 Å². The minimum atomic E-state index is -1.03. The number of methoxy groups -OCH3 is 1. The SMILES string of the molecule is C=CCOC(=O)c1sc(N2C(=O)C(=O)C(=C(O)c3ccc(OC)cc3)C2c2cccc(OCCC(C)C)c2)nc1C. The second-order valence-electron chi connectivity index (χ2n) is 9.80. The molecule has 2 heterocycles. The largest absolute Gasteiger partial charge is 0.507 e. The Labute approximate surface area is 242 Å². The first-order chi connectivity index (χ1) is 19.7. The van der Waals surface area contributed by atoms with E-state index in [4.69, 9.17) is 14.2 Å². The zero-order valence-corrected chi connectivity index (χ0v) is 24.2. The summed E-state index contributed by atoms with van der Waals surface area (Å²) in [6, 6.07) is 12.5. The van der Waals surface area contributed by atoms with Gasteiger partial charge in [-0.2, -0.15) is 0 Å². The number of hydrogen-bond donors (Lipinski definition) is 1. The fourth-order valence-corrected chi connectivity index (χ4v) is 5.30. The van der Waals surface area contributed by atoms with Crippen molar-refractivity contribution in [1.82, 2.24) is 4.98 Å². The van der Waals surface area contributed by atoms with Crippen LogP contribution in [0.4, 0.5) is 5.13 Å². The van der Waals surface area contributed by atoms with Gasteiger partial charge in [0, 0.05) is 5.56 Å². The number of hydrogen-bond acceptors (Lipinski definition) is 9. The van der Waals surface area contributed by atoms with E-state index in [2.05, 4.69) is 25.4 Å². The average molecular weight is 577 g/mol. The Morgan fingerprint density at radius 2 is 1.90 bits per heavy atom. The lowest BCUT2D eigenvalue weighted by Crippen LogP contribution is -2.29. The molecule has 0 radical (unpaired) electrons. The van der Waals surface area contributed by atoms with Crippen LogP contribution in [0.2, 0.25) is 0 Å². The van der Waals surface area contributed by atoms with Crippen molar-refractivity contribution in [3.63, 3.8) is 0 Å². The smallest absolute Gasteiger partial charge is 0.350 e. The highest BCUT2D eigenvalue weighted by molar-refractivity contribution is 7.17. The molecule has 0 spiro atoms. The molecule has 1 atom stereocenters. The molecule has 1 unspecified atom stereocenters. The molecule has 0 bridgehead atoms. The van der Waals surface area contributed by atoms with E-state index in [-0.39, 0.29) is 27.9 Å². The number of ketones is 1. The molecular formula is C31H32N2O7S. The first-order valence-electron chi connectivity index (χ1n) is 13.1. The Bertz CT molecular complexity index is 1490. The maximum atomic E-state index is 13.5. The first-order valence-corrected chi connectivity index (χ1v) is 13.9. The summed E-state index contributed by atoms with van der Waals surface area (Å²) >= 11 is 0.936. The Morgan fingerprint density at radius 3 is 2.56 bits per heavy atom. The van der Waals surface area contributed by atoms with E-state index in [1.165, 1.54) is 18.1 Å². The zero-order valence-electron chi connectivity index (χ0n) is 23.4. The Hall–Kier alpha value is -4.44. The topological polar surface area (TPSA) is 115 Å². The highest BCUT2D eigenvalue weighted by Gasteiger charge is 2.48. The van der Waals surface area contributed by atoms with Gasteiger partial charge in [0.15, 0.2) is 5.13 Å². The van der Waals surface area contributed by atoms with Gasteiger partial charge in [-0.15, -0.1) is 0 Å². The number of ether oxygens (including phenoxy) is 3. The number of rotatable bonds is 11. The number of Topliss-reactive ketones (excluding diaryl/α,β-unsaturated/α-hetero) is 1. The van der Waals surface area contributed by atoms with E-state index in [0.29, 0.717) is 40.8 Å². The Morgan fingerprint density at radius 1 is 1.17 bits per heavy atom. The second kappa shape index (κ2) is 12.8. The van der Waals surface area contributed by atoms with Gasteiger partial charge in [0.25, 0.3) is 5.78 Å². The molecule has 1 fully saturated rings. The molecule has 1 amide bonds. The number of carbonyl (C=O) groups is 3. The van der Waals surface area contributed by atoms with Gasteiger partial charge >= 0.3 is 11.9 Å². The van der Waals surface area contributed by atoms with Gasteiger partial charge < -0.3 is 19.3 Å². The summed E-state index contributed by atoms with van der Waals surface area (Å²) in [5.41, 5.74) is 1.11. The van der Waals surface area contributed by atoms with E-state index in [9.17, 15) is 19.5 Å². The quantitative estimate of drug-likeness (QED) is 0.0993. The first kappa shape index (κ1) is 29.5. The number of amides is 1. The molecule has 1 aromatic heterocycles. The van der Waals surface area contributed by atoms with Gasteiger partial charge in [-0.05, 0) is 61.2 Å². The molecule has 10 heteroatoms. The molecule has 9 nitrogen and oxygen atoms in total. The van der Waals surface area contributed by atoms with Crippen LogP contribution in [-0.2, 0) is 14.3 Å². The predicted molar refractivity (Wildman–Crippen MR) is 156 cm³/mol. The third-order valence-electron chi connectivity index (χ3n) is 6.45. The monoisotopic (exact) mass is 576 g/mol. The lowest BCUT2D eigenvalue weighted by molar-refractivity contribution is -0.132. The number of benzene rings is 2. The van der Waals surface area contributed by atoms with Crippen molar-refractivity contribution >= 4 is 39.9 Å². The summed E-state index contributed by atoms with van der Waals surface area (Å²) in [4.78, 5) is 45.5. The van der Waals surface area contributed by atoms with E-state index in [0.717, 1.165) is 17.8 Å². The van der Waals surface area contributed by atoms with Crippen LogP contribution in [0.15, 0.2) is 66.8 Å². The third-order valence-corrected chi connectivity index (χ3v) is 7.59. The summed E-state index contributed by atoms with van der Waals surface area (Å²) in [6.45, 7) is 9.88. The molecule has 0 saturated carbocycles. The molecule has 41 heavy (non-hydrogen) atoms. The van der Waals surface area contributed by atoms with Crippen LogP contribution in [0.1, 0.15) is 52.8 Å². The van der Waals surface area contributed by atoms with Crippen LogP contribution in [-0.4, -0.2) is 48.1 Å². The number of aryl methyl sites for hydroxylation is 1. The van der Waals surface area contributed by atoms with Crippen LogP contribution in [0.5, 0.6) is 11.5 Å². The van der Waals surface area contributed by atoms with Crippen LogP contribution < -0.4 is 14.4 Å². The molecule has 2 aromatic carbocycles. The molecule has 1 N–H and O–H groups in total. The minimum absolute atomic E-state index is 0.0154. The molecule has 3 aromatic rings. The summed E-state index contributed by atoms with van der Waals surface area (Å²) in [6.07, 6.45) is 2.30. The van der Waals surface area contributed by atoms with Crippen LogP contribution >= 0.6 is 11.3 Å². The van der Waals surface area contributed by atoms with Crippen LogP contribution in [0, 0.1) is 12.8 Å². The van der Waals surface area contributed by atoms with Gasteiger partial charge in [0.2, 0.25) is 0 Å². The van der Waals surface area contributed by atoms with Gasteiger partial charge in [0.05, 0.1) is 31.0 Å². The van der Waals surface area contributed by atoms with Crippen molar-refractivity contribution in [2.45, 2.75) is 33.2 Å². The maximum Gasteiger partial charge on any atom is 0.350 e. The van der Waals surface area contributed by atoms with E-state index in [1.54, 1.807) is 55.5 Å². The number of carbonyl (C=O) groups excluding carboxylic acids is 3. The lowest BCUT2D eigenvalue weighted by Gasteiger charge is -2.23. The van der Waals surface area contributed by atoms with Crippen molar-refractivity contribution in [2.75, 3.05) is 25.2 Å². The van der Waals surface area contributed by atoms with Crippen molar-refractivity contribution in [2.24, 2.45) is 5.92 Å². The fraction of sp³-hybridized carbons (Fsp3) is 0.290. The lowest BCUT2D eigenvalue weighted by atomic mass is 9.95. The summed E-state index contributed by atoms with van der Waals surface area (Å²) in [7, 11) is 1.52. The zero-order chi connectivity index (χ0) is 29.7. The highest BCUT2D eigenvalue weighted by atomic mass is 32.1. The van der Waals surface area contributed by atoms with E-state index in [1.807, 2.05) is 0 Å². The standard InChI is InChI=1S/C31H32N2O7S/c1-6-15-40-30(37)28-19(4)32-31(41-28)33-25(21-8-7-9-23(17-21)39-16-14-18(2)3)24(27(35)29(33)36)26(34)20-10-12-22(38-5)13-11-20/h6-13,17-18,25,34H,1,14-16H2,2-5H3. The third kappa shape index (κ3) is 6.33. The highest BCUT2D eigenvalue weighted by Crippen LogP contribution is 2.44. The number of anilines is 1. The van der Waals surface area contributed by atoms with Crippen LogP contribution in [0.25, 0.3) is 5.76 Å². The number of aliphatic hydroxyl groups is 1. The number of nitrogens with zero attached hydrogens (tertiary/aromatic N) is 2. The van der Waals surface area contributed by atoms with Crippen LogP contribution in [0.3, 0.4) is 0 Å². The molecule has 214 valence electrons. The maximum absolute atomic E-state index is 13.5. The van der Waals surface area contributed by atoms with Gasteiger partial charge in [-0.1, -0.05) is 50.0 Å². The second-order valence-corrected chi connectivity index (χ2v) is 10.8. The Balaban J connectivity index is 1.84. The van der Waals surface area contributed by atoms with Gasteiger partial charge in [-0.25, -0.2) is 9.78 Å². The van der Waals surface area contributed by atoms with Gasteiger partial charge in [0.1, 0.15) is 28.7 Å². The normalized spacial score (nSPS) is 16.2. The number of thiazole rings is 1. The van der Waals surface area contributed by atoms with Crippen molar-refractivity contribution in [3.8, 4) is 11.5 Å². The summed E-state index contributed by atoms with van der Waals surface area (Å²) < 4.78 is 16.3.